The molecule has 1 aromatic carbocycles. The molecule has 17 heavy (non-hydrogen) atoms. The van der Waals surface area contributed by atoms with E-state index >= 15 is 0 Å². The van der Waals surface area contributed by atoms with Crippen molar-refractivity contribution >= 4 is 0 Å². The minimum Gasteiger partial charge on any atom is -0.374 e. The summed E-state index contributed by atoms with van der Waals surface area (Å²) in [4.78, 5) is 0. The Balaban J connectivity index is 2.02. The van der Waals surface area contributed by atoms with Gasteiger partial charge in [-0.05, 0) is 51.2 Å². The lowest BCUT2D eigenvalue weighted by Crippen LogP contribution is -2.36. The van der Waals surface area contributed by atoms with Gasteiger partial charge >= 0.3 is 0 Å². The fourth-order valence-electron chi connectivity index (χ4n) is 2.55. The Hall–Kier alpha value is -0.860. The summed E-state index contributed by atoms with van der Waals surface area (Å²) in [6.07, 6.45) is 3.79. The van der Waals surface area contributed by atoms with E-state index in [1.165, 1.54) is 16.7 Å². The number of benzene rings is 1. The molecule has 2 nitrogen and oxygen atoms in total. The summed E-state index contributed by atoms with van der Waals surface area (Å²) in [5, 5.41) is 0. The molecule has 2 N–H and O–H groups in total. The minimum absolute atomic E-state index is 0.125. The number of hydrogen-bond acceptors (Lipinski definition) is 2. The molecule has 1 heterocycles. The first-order valence-corrected chi connectivity index (χ1v) is 6.53. The predicted octanol–water partition coefficient (Wildman–Crippen LogP) is 2.74. The van der Waals surface area contributed by atoms with Crippen molar-refractivity contribution in [1.82, 2.24) is 0 Å². The van der Waals surface area contributed by atoms with Crippen molar-refractivity contribution in [2.75, 3.05) is 0 Å². The van der Waals surface area contributed by atoms with Crippen molar-refractivity contribution < 1.29 is 4.74 Å². The van der Waals surface area contributed by atoms with Crippen LogP contribution >= 0.6 is 0 Å². The number of rotatable bonds is 3. The molecule has 1 aliphatic heterocycles. The van der Waals surface area contributed by atoms with Crippen LogP contribution in [-0.2, 0) is 11.2 Å². The van der Waals surface area contributed by atoms with Crippen LogP contribution in [0.5, 0.6) is 0 Å². The van der Waals surface area contributed by atoms with Crippen molar-refractivity contribution in [3.63, 3.8) is 0 Å². The molecule has 3 atom stereocenters. The second-order valence-electron chi connectivity index (χ2n) is 5.36. The quantitative estimate of drug-likeness (QED) is 0.871. The van der Waals surface area contributed by atoms with Crippen LogP contribution in [0.2, 0.25) is 0 Å². The zero-order valence-electron chi connectivity index (χ0n) is 11.1. The SMILES string of the molecule is Cc1ccc(C)c(CC(N)C2CCC(C)O2)c1. The van der Waals surface area contributed by atoms with E-state index in [0.29, 0.717) is 6.10 Å². The van der Waals surface area contributed by atoms with Crippen LogP contribution in [0.25, 0.3) is 0 Å². The van der Waals surface area contributed by atoms with E-state index in [9.17, 15) is 0 Å². The van der Waals surface area contributed by atoms with Gasteiger partial charge in [-0.2, -0.15) is 0 Å². The molecule has 94 valence electrons. The Labute approximate surface area is 104 Å². The van der Waals surface area contributed by atoms with Crippen LogP contribution in [0.3, 0.4) is 0 Å². The summed E-state index contributed by atoms with van der Waals surface area (Å²) in [5.74, 6) is 0. The summed E-state index contributed by atoms with van der Waals surface area (Å²) in [7, 11) is 0. The summed E-state index contributed by atoms with van der Waals surface area (Å²) >= 11 is 0. The first kappa shape index (κ1) is 12.6. The monoisotopic (exact) mass is 233 g/mol. The normalized spacial score (nSPS) is 26.1. The molecule has 1 aliphatic rings. The van der Waals surface area contributed by atoms with E-state index in [1.807, 2.05) is 0 Å². The fraction of sp³-hybridized carbons (Fsp3) is 0.600. The first-order valence-electron chi connectivity index (χ1n) is 6.53. The molecule has 3 unspecified atom stereocenters. The third-order valence-electron chi connectivity index (χ3n) is 3.70. The Morgan fingerprint density at radius 2 is 2.12 bits per heavy atom. The molecule has 0 radical (unpaired) electrons. The molecular formula is C15H23NO. The molecule has 0 amide bonds. The Morgan fingerprint density at radius 3 is 2.76 bits per heavy atom. The average Bonchev–Trinajstić information content (AvgIpc) is 2.70. The highest BCUT2D eigenvalue weighted by atomic mass is 16.5. The molecule has 0 bridgehead atoms. The van der Waals surface area contributed by atoms with Crippen LogP contribution in [0.15, 0.2) is 18.2 Å². The zero-order chi connectivity index (χ0) is 12.4. The molecule has 1 saturated heterocycles. The van der Waals surface area contributed by atoms with Crippen LogP contribution in [0.4, 0.5) is 0 Å². The first-order chi connectivity index (χ1) is 8.06. The van der Waals surface area contributed by atoms with Crippen LogP contribution in [0.1, 0.15) is 36.5 Å². The lowest BCUT2D eigenvalue weighted by molar-refractivity contribution is 0.0404. The molecule has 1 fully saturated rings. The van der Waals surface area contributed by atoms with E-state index in [2.05, 4.69) is 39.0 Å². The standard InChI is InChI=1S/C15H23NO/c1-10-4-5-11(2)13(8-10)9-14(16)15-7-6-12(3)17-15/h4-5,8,12,14-15H,6-7,9,16H2,1-3H3. The lowest BCUT2D eigenvalue weighted by atomic mass is 9.96. The van der Waals surface area contributed by atoms with Crippen molar-refractivity contribution in [3.8, 4) is 0 Å². The van der Waals surface area contributed by atoms with Crippen molar-refractivity contribution in [3.05, 3.63) is 34.9 Å². The molecule has 0 aliphatic carbocycles. The number of ether oxygens (including phenoxy) is 1. The summed E-state index contributed by atoms with van der Waals surface area (Å²) in [6, 6.07) is 6.70. The van der Waals surface area contributed by atoms with Gasteiger partial charge in [-0.25, -0.2) is 0 Å². The third-order valence-corrected chi connectivity index (χ3v) is 3.70. The zero-order valence-corrected chi connectivity index (χ0v) is 11.1. The van der Waals surface area contributed by atoms with Gasteiger partial charge in [-0.15, -0.1) is 0 Å². The Bertz CT molecular complexity index is 389. The number of nitrogens with two attached hydrogens (primary N) is 1. The van der Waals surface area contributed by atoms with Gasteiger partial charge in [0.1, 0.15) is 0 Å². The van der Waals surface area contributed by atoms with Gasteiger partial charge < -0.3 is 10.5 Å². The van der Waals surface area contributed by atoms with Crippen molar-refractivity contribution in [1.29, 1.82) is 0 Å². The maximum absolute atomic E-state index is 6.27. The second kappa shape index (κ2) is 5.19. The van der Waals surface area contributed by atoms with E-state index in [0.717, 1.165) is 19.3 Å². The maximum Gasteiger partial charge on any atom is 0.0733 e. The fourth-order valence-corrected chi connectivity index (χ4v) is 2.55. The van der Waals surface area contributed by atoms with E-state index in [1.54, 1.807) is 0 Å². The smallest absolute Gasteiger partial charge is 0.0733 e. The average molecular weight is 233 g/mol. The maximum atomic E-state index is 6.27. The van der Waals surface area contributed by atoms with Gasteiger partial charge in [0.15, 0.2) is 0 Å². The Kier molecular flexibility index (Phi) is 3.85. The van der Waals surface area contributed by atoms with Gasteiger partial charge in [0, 0.05) is 6.04 Å². The molecule has 2 rings (SSSR count). The van der Waals surface area contributed by atoms with Crippen molar-refractivity contribution in [2.24, 2.45) is 5.73 Å². The molecular weight excluding hydrogens is 210 g/mol. The van der Waals surface area contributed by atoms with Gasteiger partial charge in [0.25, 0.3) is 0 Å². The van der Waals surface area contributed by atoms with E-state index in [4.69, 9.17) is 10.5 Å². The predicted molar refractivity (Wildman–Crippen MR) is 71.2 cm³/mol. The highest BCUT2D eigenvalue weighted by Crippen LogP contribution is 2.23. The highest BCUT2D eigenvalue weighted by molar-refractivity contribution is 5.31. The van der Waals surface area contributed by atoms with Gasteiger partial charge in [0.05, 0.1) is 12.2 Å². The van der Waals surface area contributed by atoms with E-state index < -0.39 is 0 Å². The van der Waals surface area contributed by atoms with Crippen LogP contribution in [-0.4, -0.2) is 18.2 Å². The minimum atomic E-state index is 0.125. The van der Waals surface area contributed by atoms with E-state index in [-0.39, 0.29) is 12.1 Å². The molecule has 0 aromatic heterocycles. The van der Waals surface area contributed by atoms with Gasteiger partial charge in [-0.3, -0.25) is 0 Å². The molecule has 0 spiro atoms. The van der Waals surface area contributed by atoms with Crippen molar-refractivity contribution in [2.45, 2.75) is 58.3 Å². The van der Waals surface area contributed by atoms with Gasteiger partial charge in [0.2, 0.25) is 0 Å². The molecule has 2 heteroatoms. The molecule has 0 saturated carbocycles. The summed E-state index contributed by atoms with van der Waals surface area (Å²) in [5.41, 5.74) is 10.3. The highest BCUT2D eigenvalue weighted by Gasteiger charge is 2.27. The largest absolute Gasteiger partial charge is 0.374 e. The summed E-state index contributed by atoms with van der Waals surface area (Å²) in [6.45, 7) is 6.41. The lowest BCUT2D eigenvalue weighted by Gasteiger charge is -2.20. The third kappa shape index (κ3) is 3.08. The topological polar surface area (TPSA) is 35.2 Å². The van der Waals surface area contributed by atoms with Crippen LogP contribution in [0, 0.1) is 13.8 Å². The number of hydrogen-bond donors (Lipinski definition) is 1. The second-order valence-corrected chi connectivity index (χ2v) is 5.36. The molecule has 1 aromatic rings. The van der Waals surface area contributed by atoms with Crippen LogP contribution < -0.4 is 5.73 Å². The summed E-state index contributed by atoms with van der Waals surface area (Å²) < 4.78 is 5.84. The van der Waals surface area contributed by atoms with Gasteiger partial charge in [-0.1, -0.05) is 23.8 Å². The number of aryl methyl sites for hydroxylation is 2. The Morgan fingerprint density at radius 1 is 1.35 bits per heavy atom.